The van der Waals surface area contributed by atoms with Gasteiger partial charge in [-0.05, 0) is 61.6 Å². The van der Waals surface area contributed by atoms with Crippen LogP contribution in [0.25, 0.3) is 0 Å². The van der Waals surface area contributed by atoms with Crippen molar-refractivity contribution in [3.63, 3.8) is 0 Å². The summed E-state index contributed by atoms with van der Waals surface area (Å²) in [6.45, 7) is 8.19. The normalized spacial score (nSPS) is 11.6. The van der Waals surface area contributed by atoms with E-state index in [-0.39, 0.29) is 25.0 Å². The van der Waals surface area contributed by atoms with Crippen LogP contribution >= 0.6 is 0 Å². The first-order valence-corrected chi connectivity index (χ1v) is 12.8. The minimum atomic E-state index is -0.824. The van der Waals surface area contributed by atoms with Crippen molar-refractivity contribution in [1.82, 2.24) is 10.2 Å². The lowest BCUT2D eigenvalue weighted by Crippen LogP contribution is -2.52. The molecule has 0 fully saturated rings. The zero-order valence-electron chi connectivity index (χ0n) is 22.2. The number of carbonyl (C=O) groups is 2. The van der Waals surface area contributed by atoms with Gasteiger partial charge in [0.25, 0.3) is 5.91 Å². The molecular formula is C31H37FN2O3. The average molecular weight is 505 g/mol. The maximum Gasteiger partial charge on any atom is 0.261 e. The van der Waals surface area contributed by atoms with E-state index in [1.165, 1.54) is 11.0 Å². The molecule has 6 heteroatoms. The molecule has 0 heterocycles. The van der Waals surface area contributed by atoms with Gasteiger partial charge in [-0.2, -0.15) is 0 Å². The lowest BCUT2D eigenvalue weighted by Gasteiger charge is -2.31. The summed E-state index contributed by atoms with van der Waals surface area (Å²) in [7, 11) is 0. The van der Waals surface area contributed by atoms with Gasteiger partial charge >= 0.3 is 0 Å². The number of carbonyl (C=O) groups excluding carboxylic acids is 2. The maximum absolute atomic E-state index is 14.7. The molecule has 2 amide bonds. The topological polar surface area (TPSA) is 58.6 Å². The van der Waals surface area contributed by atoms with Crippen LogP contribution in [0.5, 0.6) is 5.75 Å². The van der Waals surface area contributed by atoms with Crippen molar-refractivity contribution in [3.05, 3.63) is 100 Å². The van der Waals surface area contributed by atoms with Gasteiger partial charge in [-0.25, -0.2) is 4.39 Å². The predicted molar refractivity (Wildman–Crippen MR) is 145 cm³/mol. The number of unbranched alkanes of at least 4 members (excludes halogenated alkanes) is 1. The molecule has 0 spiro atoms. The molecule has 1 N–H and O–H groups in total. The molecule has 0 unspecified atom stereocenters. The predicted octanol–water partition coefficient (Wildman–Crippen LogP) is 5.69. The second-order valence-electron chi connectivity index (χ2n) is 9.46. The van der Waals surface area contributed by atoms with Crippen LogP contribution in [0.4, 0.5) is 4.39 Å². The summed E-state index contributed by atoms with van der Waals surface area (Å²) in [4.78, 5) is 28.5. The van der Waals surface area contributed by atoms with Gasteiger partial charge in [0.05, 0.1) is 0 Å². The Labute approximate surface area is 219 Å². The SMILES string of the molecule is CCCCNC(=O)[C@@H](Cc1ccccc1)N(Cc1ccccc1F)C(=O)COc1cc(C)cc(C)c1C. The summed E-state index contributed by atoms with van der Waals surface area (Å²) in [6.07, 6.45) is 2.08. The summed E-state index contributed by atoms with van der Waals surface area (Å²) in [6, 6.07) is 19.0. The van der Waals surface area contributed by atoms with Gasteiger partial charge in [-0.3, -0.25) is 9.59 Å². The van der Waals surface area contributed by atoms with Gasteiger partial charge in [0.15, 0.2) is 6.61 Å². The number of hydrogen-bond acceptors (Lipinski definition) is 3. The van der Waals surface area contributed by atoms with E-state index in [1.807, 2.05) is 64.1 Å². The Morgan fingerprint density at radius 2 is 1.70 bits per heavy atom. The minimum Gasteiger partial charge on any atom is -0.483 e. The highest BCUT2D eigenvalue weighted by molar-refractivity contribution is 5.88. The first-order chi connectivity index (χ1) is 17.8. The van der Waals surface area contributed by atoms with E-state index in [2.05, 4.69) is 11.4 Å². The molecule has 0 saturated carbocycles. The molecule has 196 valence electrons. The first kappa shape index (κ1) is 27.9. The van der Waals surface area contributed by atoms with E-state index in [0.717, 1.165) is 35.1 Å². The fourth-order valence-corrected chi connectivity index (χ4v) is 4.24. The number of nitrogens with zero attached hydrogens (tertiary/aromatic N) is 1. The molecule has 3 aromatic rings. The van der Waals surface area contributed by atoms with Gasteiger partial charge in [-0.1, -0.05) is 67.9 Å². The number of aryl methyl sites for hydroxylation is 2. The molecule has 0 aliphatic rings. The molecule has 3 rings (SSSR count). The third-order valence-corrected chi connectivity index (χ3v) is 6.51. The Morgan fingerprint density at radius 3 is 2.41 bits per heavy atom. The monoisotopic (exact) mass is 504 g/mol. The van der Waals surface area contributed by atoms with E-state index in [4.69, 9.17) is 4.74 Å². The third-order valence-electron chi connectivity index (χ3n) is 6.51. The smallest absolute Gasteiger partial charge is 0.261 e. The van der Waals surface area contributed by atoms with Crippen LogP contribution in [-0.2, 0) is 22.6 Å². The van der Waals surface area contributed by atoms with Crippen molar-refractivity contribution in [1.29, 1.82) is 0 Å². The van der Waals surface area contributed by atoms with E-state index in [9.17, 15) is 14.0 Å². The number of nitrogens with one attached hydrogen (secondary N) is 1. The number of benzene rings is 3. The van der Waals surface area contributed by atoms with Crippen LogP contribution in [0.1, 0.15) is 47.6 Å². The first-order valence-electron chi connectivity index (χ1n) is 12.8. The van der Waals surface area contributed by atoms with Gasteiger partial charge in [0.1, 0.15) is 17.6 Å². The van der Waals surface area contributed by atoms with Crippen molar-refractivity contribution in [2.24, 2.45) is 0 Å². The molecular weight excluding hydrogens is 467 g/mol. The summed E-state index contributed by atoms with van der Waals surface area (Å²) in [5, 5.41) is 2.97. The van der Waals surface area contributed by atoms with Crippen LogP contribution < -0.4 is 10.1 Å². The van der Waals surface area contributed by atoms with Gasteiger partial charge in [-0.15, -0.1) is 0 Å². The molecule has 0 radical (unpaired) electrons. The quantitative estimate of drug-likeness (QED) is 0.323. The Hall–Kier alpha value is -3.67. The van der Waals surface area contributed by atoms with Crippen LogP contribution in [0.3, 0.4) is 0 Å². The fraction of sp³-hybridized carbons (Fsp3) is 0.355. The van der Waals surface area contributed by atoms with Crippen molar-refractivity contribution in [3.8, 4) is 5.75 Å². The average Bonchev–Trinajstić information content (AvgIpc) is 2.88. The summed E-state index contributed by atoms with van der Waals surface area (Å²) >= 11 is 0. The Kier molecular flexibility index (Phi) is 10.2. The fourth-order valence-electron chi connectivity index (χ4n) is 4.24. The largest absolute Gasteiger partial charge is 0.483 e. The summed E-state index contributed by atoms with van der Waals surface area (Å²) in [5.41, 5.74) is 4.32. The minimum absolute atomic E-state index is 0.0423. The molecule has 5 nitrogen and oxygen atoms in total. The van der Waals surface area contributed by atoms with Gasteiger partial charge in [0, 0.05) is 25.1 Å². The highest BCUT2D eigenvalue weighted by Crippen LogP contribution is 2.24. The number of hydrogen-bond donors (Lipinski definition) is 1. The Balaban J connectivity index is 1.93. The van der Waals surface area contributed by atoms with Crippen molar-refractivity contribution in [2.75, 3.05) is 13.2 Å². The van der Waals surface area contributed by atoms with Crippen LogP contribution in [0.2, 0.25) is 0 Å². The summed E-state index contributed by atoms with van der Waals surface area (Å²) < 4.78 is 20.6. The molecule has 0 aliphatic carbocycles. The number of halogens is 1. The van der Waals surface area contributed by atoms with Crippen LogP contribution in [0.15, 0.2) is 66.7 Å². The van der Waals surface area contributed by atoms with Gasteiger partial charge in [0.2, 0.25) is 5.91 Å². The van der Waals surface area contributed by atoms with E-state index in [1.54, 1.807) is 18.2 Å². The van der Waals surface area contributed by atoms with E-state index in [0.29, 0.717) is 24.3 Å². The Bertz CT molecular complexity index is 1200. The number of rotatable bonds is 12. The highest BCUT2D eigenvalue weighted by atomic mass is 19.1. The maximum atomic E-state index is 14.7. The standard InChI is InChI=1S/C31H37FN2O3/c1-5-6-16-33-31(36)28(19-25-12-8-7-9-13-25)34(20-26-14-10-11-15-27(26)32)30(35)21-37-29-18-22(2)17-23(3)24(29)4/h7-15,17-18,28H,5-6,16,19-21H2,1-4H3,(H,33,36)/t28-/m1/s1. The Morgan fingerprint density at radius 1 is 1.00 bits per heavy atom. The second-order valence-corrected chi connectivity index (χ2v) is 9.46. The zero-order valence-corrected chi connectivity index (χ0v) is 22.2. The van der Waals surface area contributed by atoms with Crippen molar-refractivity contribution >= 4 is 11.8 Å². The molecule has 0 saturated heterocycles. The third kappa shape index (κ3) is 7.91. The molecule has 37 heavy (non-hydrogen) atoms. The lowest BCUT2D eigenvalue weighted by atomic mass is 10.0. The second kappa shape index (κ2) is 13.6. The molecule has 0 aromatic heterocycles. The number of ether oxygens (including phenoxy) is 1. The zero-order chi connectivity index (χ0) is 26.8. The van der Waals surface area contributed by atoms with Crippen molar-refractivity contribution < 1.29 is 18.7 Å². The van der Waals surface area contributed by atoms with Crippen LogP contribution in [0, 0.1) is 26.6 Å². The molecule has 0 aliphatic heterocycles. The van der Waals surface area contributed by atoms with Gasteiger partial charge < -0.3 is 15.0 Å². The molecule has 1 atom stereocenters. The van der Waals surface area contributed by atoms with E-state index < -0.39 is 11.9 Å². The summed E-state index contributed by atoms with van der Waals surface area (Å²) in [5.74, 6) is -0.433. The van der Waals surface area contributed by atoms with E-state index >= 15 is 0 Å². The van der Waals surface area contributed by atoms with Crippen LogP contribution in [-0.4, -0.2) is 35.9 Å². The molecule has 0 bridgehead atoms. The molecule has 3 aromatic carbocycles. The number of amides is 2. The lowest BCUT2D eigenvalue weighted by molar-refractivity contribution is -0.142. The van der Waals surface area contributed by atoms with Crippen molar-refractivity contribution in [2.45, 2.75) is 59.5 Å². The highest BCUT2D eigenvalue weighted by Gasteiger charge is 2.31.